The Morgan fingerprint density at radius 1 is 1.14 bits per heavy atom. The van der Waals surface area contributed by atoms with Crippen LogP contribution in [0.1, 0.15) is 39.7 Å². The Hall–Kier alpha value is -2.78. The van der Waals surface area contributed by atoms with Crippen LogP contribution in [-0.4, -0.2) is 36.2 Å². The van der Waals surface area contributed by atoms with Crippen LogP contribution in [0, 0.1) is 0 Å². The van der Waals surface area contributed by atoms with Crippen LogP contribution in [0.2, 0.25) is 0 Å². The van der Waals surface area contributed by atoms with Crippen LogP contribution in [0.25, 0.3) is 0 Å². The molecule has 156 valence electrons. The highest BCUT2D eigenvalue weighted by Gasteiger charge is 2.30. The molecule has 0 saturated carbocycles. The van der Waals surface area contributed by atoms with Crippen LogP contribution in [0.4, 0.5) is 23.7 Å². The summed E-state index contributed by atoms with van der Waals surface area (Å²) in [6.45, 7) is 6.28. The van der Waals surface area contributed by atoms with Gasteiger partial charge in [-0.1, -0.05) is 6.07 Å². The molecule has 1 rings (SSSR count). The van der Waals surface area contributed by atoms with E-state index in [0.717, 1.165) is 18.2 Å². The van der Waals surface area contributed by atoms with Crippen molar-refractivity contribution in [3.05, 3.63) is 29.8 Å². The zero-order valence-electron chi connectivity index (χ0n) is 16.0. The Morgan fingerprint density at radius 3 is 2.36 bits per heavy atom. The summed E-state index contributed by atoms with van der Waals surface area (Å²) in [5.74, 6) is -1.55. The van der Waals surface area contributed by atoms with Gasteiger partial charge in [-0.15, -0.1) is 0 Å². The molecule has 1 aromatic rings. The molecule has 0 heterocycles. The molecule has 2 amide bonds. The summed E-state index contributed by atoms with van der Waals surface area (Å²) in [4.78, 5) is 35.2. The third-order valence-corrected chi connectivity index (χ3v) is 3.13. The van der Waals surface area contributed by atoms with Crippen LogP contribution in [0.15, 0.2) is 24.3 Å². The van der Waals surface area contributed by atoms with E-state index >= 15 is 0 Å². The Kier molecular flexibility index (Phi) is 7.83. The van der Waals surface area contributed by atoms with E-state index in [0.29, 0.717) is 0 Å². The van der Waals surface area contributed by atoms with Crippen molar-refractivity contribution in [2.24, 2.45) is 0 Å². The van der Waals surface area contributed by atoms with Gasteiger partial charge in [-0.2, -0.15) is 13.2 Å². The third-order valence-electron chi connectivity index (χ3n) is 3.13. The number of rotatable bonds is 6. The molecule has 0 saturated heterocycles. The number of esters is 1. The van der Waals surface area contributed by atoms with E-state index < -0.39 is 41.4 Å². The maximum atomic E-state index is 12.7. The molecule has 10 heteroatoms. The lowest BCUT2D eigenvalue weighted by Crippen LogP contribution is -2.35. The fourth-order valence-corrected chi connectivity index (χ4v) is 1.91. The molecule has 0 aliphatic rings. The largest absolute Gasteiger partial charge is 0.452 e. The fraction of sp³-hybridized carbons (Fsp3) is 0.500. The maximum absolute atomic E-state index is 12.7. The van der Waals surface area contributed by atoms with Crippen molar-refractivity contribution in [1.29, 1.82) is 0 Å². The van der Waals surface area contributed by atoms with Crippen LogP contribution in [0.5, 0.6) is 0 Å². The minimum atomic E-state index is -4.54. The monoisotopic (exact) mass is 404 g/mol. The van der Waals surface area contributed by atoms with Crippen molar-refractivity contribution in [1.82, 2.24) is 5.32 Å². The number of benzene rings is 1. The van der Waals surface area contributed by atoms with Gasteiger partial charge >= 0.3 is 18.2 Å². The van der Waals surface area contributed by atoms with Gasteiger partial charge in [0.25, 0.3) is 5.91 Å². The summed E-state index contributed by atoms with van der Waals surface area (Å²) in [7, 11) is 0. The second-order valence-corrected chi connectivity index (χ2v) is 6.88. The number of carbonyl (C=O) groups excluding carboxylic acids is 3. The molecule has 28 heavy (non-hydrogen) atoms. The van der Waals surface area contributed by atoms with Crippen LogP contribution in [0.3, 0.4) is 0 Å². The Morgan fingerprint density at radius 2 is 1.79 bits per heavy atom. The molecule has 0 fully saturated rings. The SMILES string of the molecule is C[C@@H](OC(=O)CCNC(=O)OC(C)(C)C)C(=O)Nc1cccc(C(F)(F)F)c1. The molecule has 7 nitrogen and oxygen atoms in total. The summed E-state index contributed by atoms with van der Waals surface area (Å²) in [6, 6.07) is 4.08. The van der Waals surface area contributed by atoms with Crippen molar-refractivity contribution >= 4 is 23.7 Å². The molecular formula is C18H23F3N2O5. The molecule has 0 aliphatic heterocycles. The normalized spacial score (nSPS) is 12.7. The first-order valence-corrected chi connectivity index (χ1v) is 8.42. The third kappa shape index (κ3) is 8.74. The molecule has 0 aliphatic carbocycles. The highest BCUT2D eigenvalue weighted by Crippen LogP contribution is 2.30. The zero-order valence-corrected chi connectivity index (χ0v) is 16.0. The van der Waals surface area contributed by atoms with E-state index in [1.54, 1.807) is 20.8 Å². The average molecular weight is 404 g/mol. The first-order chi connectivity index (χ1) is 12.8. The lowest BCUT2D eigenvalue weighted by molar-refractivity contribution is -0.153. The molecule has 0 spiro atoms. The van der Waals surface area contributed by atoms with Crippen molar-refractivity contribution in [3.8, 4) is 0 Å². The van der Waals surface area contributed by atoms with Gasteiger partial charge < -0.3 is 20.1 Å². The van der Waals surface area contributed by atoms with Gasteiger partial charge in [0.15, 0.2) is 6.10 Å². The molecule has 0 aromatic heterocycles. The lowest BCUT2D eigenvalue weighted by Gasteiger charge is -2.19. The Labute approximate surface area is 160 Å². The predicted molar refractivity (Wildman–Crippen MR) is 94.5 cm³/mol. The van der Waals surface area contributed by atoms with E-state index in [-0.39, 0.29) is 18.7 Å². The zero-order chi connectivity index (χ0) is 21.5. The maximum Gasteiger partial charge on any atom is 0.416 e. The smallest absolute Gasteiger partial charge is 0.416 e. The van der Waals surface area contributed by atoms with E-state index in [1.165, 1.54) is 13.0 Å². The molecule has 2 N–H and O–H groups in total. The second-order valence-electron chi connectivity index (χ2n) is 6.88. The minimum absolute atomic E-state index is 0.0598. The number of alkyl halides is 3. The van der Waals surface area contributed by atoms with Gasteiger partial charge in [-0.25, -0.2) is 4.79 Å². The summed E-state index contributed by atoms with van der Waals surface area (Å²) in [5.41, 5.74) is -1.67. The van der Waals surface area contributed by atoms with Gasteiger partial charge in [-0.3, -0.25) is 9.59 Å². The number of anilines is 1. The van der Waals surface area contributed by atoms with E-state index in [4.69, 9.17) is 9.47 Å². The van der Waals surface area contributed by atoms with Gasteiger partial charge in [0.2, 0.25) is 0 Å². The first-order valence-electron chi connectivity index (χ1n) is 8.42. The molecule has 0 radical (unpaired) electrons. The molecule has 1 atom stereocenters. The summed E-state index contributed by atoms with van der Waals surface area (Å²) in [6.07, 6.45) is -6.68. The fourth-order valence-electron chi connectivity index (χ4n) is 1.91. The van der Waals surface area contributed by atoms with Crippen LogP contribution >= 0.6 is 0 Å². The van der Waals surface area contributed by atoms with Gasteiger partial charge in [0.05, 0.1) is 12.0 Å². The number of ether oxygens (including phenoxy) is 2. The quantitative estimate of drug-likeness (QED) is 0.708. The van der Waals surface area contributed by atoms with Crippen LogP contribution in [-0.2, 0) is 25.2 Å². The van der Waals surface area contributed by atoms with E-state index in [9.17, 15) is 27.6 Å². The van der Waals surface area contributed by atoms with E-state index in [2.05, 4.69) is 10.6 Å². The van der Waals surface area contributed by atoms with Crippen molar-refractivity contribution < 1.29 is 37.0 Å². The second kappa shape index (κ2) is 9.43. The van der Waals surface area contributed by atoms with Gasteiger partial charge in [0, 0.05) is 12.2 Å². The topological polar surface area (TPSA) is 93.7 Å². The highest BCUT2D eigenvalue weighted by molar-refractivity contribution is 5.95. The number of hydrogen-bond donors (Lipinski definition) is 2. The van der Waals surface area contributed by atoms with Gasteiger partial charge in [-0.05, 0) is 45.9 Å². The minimum Gasteiger partial charge on any atom is -0.452 e. The average Bonchev–Trinajstić information content (AvgIpc) is 2.52. The van der Waals surface area contributed by atoms with Crippen molar-refractivity contribution in [2.75, 3.05) is 11.9 Å². The number of halogens is 3. The number of amides is 2. The molecule has 1 aromatic carbocycles. The summed E-state index contributed by atoms with van der Waals surface area (Å²) < 4.78 is 47.9. The van der Waals surface area contributed by atoms with Crippen molar-refractivity contribution in [2.45, 2.75) is 52.0 Å². The highest BCUT2D eigenvalue weighted by atomic mass is 19.4. The Bertz CT molecular complexity index is 714. The molecular weight excluding hydrogens is 381 g/mol. The number of nitrogens with one attached hydrogen (secondary N) is 2. The van der Waals surface area contributed by atoms with Crippen molar-refractivity contribution in [3.63, 3.8) is 0 Å². The first kappa shape index (κ1) is 23.3. The summed E-state index contributed by atoms with van der Waals surface area (Å²) in [5, 5.41) is 4.62. The molecule has 0 unspecified atom stereocenters. The van der Waals surface area contributed by atoms with Crippen LogP contribution < -0.4 is 10.6 Å². The lowest BCUT2D eigenvalue weighted by atomic mass is 10.2. The molecule has 0 bridgehead atoms. The van der Waals surface area contributed by atoms with E-state index in [1.807, 2.05) is 0 Å². The number of hydrogen-bond acceptors (Lipinski definition) is 5. The number of alkyl carbamates (subject to hydrolysis) is 1. The number of carbonyl (C=O) groups is 3. The Balaban J connectivity index is 2.46. The summed E-state index contributed by atoms with van der Waals surface area (Å²) >= 11 is 0. The predicted octanol–water partition coefficient (Wildman–Crippen LogP) is 3.49. The van der Waals surface area contributed by atoms with Gasteiger partial charge in [0.1, 0.15) is 5.60 Å². The standard InChI is InChI=1S/C18H23F3N2O5/c1-11(27-14(24)8-9-22-16(26)28-17(2,3)4)15(25)23-13-7-5-6-12(10-13)18(19,20)21/h5-7,10-11H,8-9H2,1-4H3,(H,22,26)(H,23,25)/t11-/m1/s1.